The second kappa shape index (κ2) is 4.00. The standard InChI is InChI=1S/C12H16N2O3/c1-3-12(15)7-13(8-12)11-6-9(2)4-5-10(11)14(16)17/h4-6,15H,3,7-8H2,1-2H3. The summed E-state index contributed by atoms with van der Waals surface area (Å²) in [5.41, 5.74) is 1.01. The molecule has 1 N–H and O–H groups in total. The monoisotopic (exact) mass is 236 g/mol. The number of nitrogens with zero attached hydrogens (tertiary/aromatic N) is 2. The minimum Gasteiger partial charge on any atom is -0.386 e. The number of hydrogen-bond acceptors (Lipinski definition) is 4. The Morgan fingerprint density at radius 1 is 1.53 bits per heavy atom. The number of rotatable bonds is 3. The molecule has 0 saturated carbocycles. The van der Waals surface area contributed by atoms with Crippen molar-refractivity contribution < 1.29 is 10.0 Å². The number of nitro benzene ring substituents is 1. The zero-order valence-electron chi connectivity index (χ0n) is 10.0. The van der Waals surface area contributed by atoms with Crippen molar-refractivity contribution in [3.05, 3.63) is 33.9 Å². The van der Waals surface area contributed by atoms with Crippen LogP contribution in [0.2, 0.25) is 0 Å². The molecule has 17 heavy (non-hydrogen) atoms. The minimum atomic E-state index is -0.683. The van der Waals surface area contributed by atoms with E-state index in [-0.39, 0.29) is 10.6 Å². The van der Waals surface area contributed by atoms with Gasteiger partial charge in [-0.15, -0.1) is 0 Å². The lowest BCUT2D eigenvalue weighted by atomic mass is 9.90. The molecule has 1 aliphatic heterocycles. The highest BCUT2D eigenvalue weighted by Crippen LogP contribution is 2.36. The van der Waals surface area contributed by atoms with E-state index in [2.05, 4.69) is 0 Å². The van der Waals surface area contributed by atoms with Crippen molar-refractivity contribution in [2.75, 3.05) is 18.0 Å². The summed E-state index contributed by atoms with van der Waals surface area (Å²) in [6, 6.07) is 5.05. The molecule has 0 aromatic heterocycles. The zero-order valence-corrected chi connectivity index (χ0v) is 10.0. The topological polar surface area (TPSA) is 66.6 Å². The number of aryl methyl sites for hydroxylation is 1. The van der Waals surface area contributed by atoms with Crippen LogP contribution in [-0.2, 0) is 0 Å². The first-order valence-electron chi connectivity index (χ1n) is 5.67. The Balaban J connectivity index is 2.27. The third-order valence-corrected chi connectivity index (χ3v) is 3.30. The van der Waals surface area contributed by atoms with Gasteiger partial charge in [-0.2, -0.15) is 0 Å². The van der Waals surface area contributed by atoms with E-state index in [1.54, 1.807) is 12.1 Å². The normalized spacial score (nSPS) is 17.7. The first-order chi connectivity index (χ1) is 7.95. The summed E-state index contributed by atoms with van der Waals surface area (Å²) in [7, 11) is 0. The summed E-state index contributed by atoms with van der Waals surface area (Å²) in [4.78, 5) is 12.4. The maximum atomic E-state index is 10.9. The second-order valence-electron chi connectivity index (χ2n) is 4.68. The SMILES string of the molecule is CCC1(O)CN(c2cc(C)ccc2[N+](=O)[O-])C1. The van der Waals surface area contributed by atoms with Gasteiger partial charge in [-0.25, -0.2) is 0 Å². The van der Waals surface area contributed by atoms with Gasteiger partial charge in [0.2, 0.25) is 0 Å². The zero-order chi connectivity index (χ0) is 12.6. The molecule has 0 atom stereocenters. The van der Waals surface area contributed by atoms with Gasteiger partial charge in [0.05, 0.1) is 10.5 Å². The fourth-order valence-electron chi connectivity index (χ4n) is 2.10. The number of anilines is 1. The van der Waals surface area contributed by atoms with Crippen LogP contribution >= 0.6 is 0 Å². The van der Waals surface area contributed by atoms with Crippen LogP contribution in [0.15, 0.2) is 18.2 Å². The quantitative estimate of drug-likeness (QED) is 0.642. The molecular formula is C12H16N2O3. The Kier molecular flexibility index (Phi) is 2.79. The van der Waals surface area contributed by atoms with Gasteiger partial charge < -0.3 is 10.0 Å². The molecule has 0 unspecified atom stereocenters. The second-order valence-corrected chi connectivity index (χ2v) is 4.68. The van der Waals surface area contributed by atoms with Gasteiger partial charge in [-0.05, 0) is 25.0 Å². The summed E-state index contributed by atoms with van der Waals surface area (Å²) < 4.78 is 0. The Labute approximate surface area is 99.8 Å². The Morgan fingerprint density at radius 2 is 2.18 bits per heavy atom. The smallest absolute Gasteiger partial charge is 0.292 e. The third kappa shape index (κ3) is 2.10. The number of β-amino-alcohol motifs (C(OH)–C–C–N with tert-alkyl or cyclic N) is 1. The fraction of sp³-hybridized carbons (Fsp3) is 0.500. The van der Waals surface area contributed by atoms with Crippen LogP contribution in [0, 0.1) is 17.0 Å². The van der Waals surface area contributed by atoms with Crippen LogP contribution in [0.25, 0.3) is 0 Å². The summed E-state index contributed by atoms with van der Waals surface area (Å²) in [6.07, 6.45) is 0.670. The van der Waals surface area contributed by atoms with Crippen molar-refractivity contribution in [1.82, 2.24) is 0 Å². The highest BCUT2D eigenvalue weighted by molar-refractivity contribution is 5.66. The van der Waals surface area contributed by atoms with Crippen LogP contribution in [-0.4, -0.2) is 28.7 Å². The van der Waals surface area contributed by atoms with Crippen molar-refractivity contribution in [1.29, 1.82) is 0 Å². The van der Waals surface area contributed by atoms with Crippen LogP contribution in [0.4, 0.5) is 11.4 Å². The van der Waals surface area contributed by atoms with Gasteiger partial charge in [-0.3, -0.25) is 10.1 Å². The summed E-state index contributed by atoms with van der Waals surface area (Å²) in [5.74, 6) is 0. The first-order valence-corrected chi connectivity index (χ1v) is 5.67. The number of nitro groups is 1. The maximum absolute atomic E-state index is 10.9. The lowest BCUT2D eigenvalue weighted by molar-refractivity contribution is -0.384. The van der Waals surface area contributed by atoms with Crippen LogP contribution in [0.3, 0.4) is 0 Å². The van der Waals surface area contributed by atoms with E-state index in [1.165, 1.54) is 6.07 Å². The van der Waals surface area contributed by atoms with Gasteiger partial charge in [-0.1, -0.05) is 13.0 Å². The molecule has 5 nitrogen and oxygen atoms in total. The lowest BCUT2D eigenvalue weighted by Gasteiger charge is -2.47. The van der Waals surface area contributed by atoms with E-state index >= 15 is 0 Å². The highest BCUT2D eigenvalue weighted by atomic mass is 16.6. The molecule has 1 aromatic carbocycles. The lowest BCUT2D eigenvalue weighted by Crippen LogP contribution is -2.61. The van der Waals surface area contributed by atoms with E-state index < -0.39 is 5.60 Å². The number of aliphatic hydroxyl groups is 1. The van der Waals surface area contributed by atoms with Crippen molar-refractivity contribution in [2.45, 2.75) is 25.9 Å². The molecule has 1 aromatic rings. The Morgan fingerprint density at radius 3 is 2.71 bits per heavy atom. The van der Waals surface area contributed by atoms with Gasteiger partial charge >= 0.3 is 0 Å². The highest BCUT2D eigenvalue weighted by Gasteiger charge is 2.41. The van der Waals surface area contributed by atoms with Gasteiger partial charge in [0, 0.05) is 19.2 Å². The molecule has 1 heterocycles. The van der Waals surface area contributed by atoms with E-state index in [0.29, 0.717) is 25.2 Å². The van der Waals surface area contributed by atoms with E-state index in [1.807, 2.05) is 18.7 Å². The molecule has 5 heteroatoms. The van der Waals surface area contributed by atoms with Gasteiger partial charge in [0.1, 0.15) is 5.69 Å². The van der Waals surface area contributed by atoms with E-state index in [4.69, 9.17) is 0 Å². The summed E-state index contributed by atoms with van der Waals surface area (Å²) in [5, 5.41) is 20.9. The van der Waals surface area contributed by atoms with Crippen molar-refractivity contribution in [2.24, 2.45) is 0 Å². The number of benzene rings is 1. The predicted molar refractivity (Wildman–Crippen MR) is 65.3 cm³/mol. The van der Waals surface area contributed by atoms with Crippen LogP contribution in [0.1, 0.15) is 18.9 Å². The van der Waals surface area contributed by atoms with E-state index in [0.717, 1.165) is 5.56 Å². The van der Waals surface area contributed by atoms with Crippen molar-refractivity contribution >= 4 is 11.4 Å². The third-order valence-electron chi connectivity index (χ3n) is 3.30. The predicted octanol–water partition coefficient (Wildman–Crippen LogP) is 1.86. The number of hydrogen-bond donors (Lipinski definition) is 1. The van der Waals surface area contributed by atoms with Crippen molar-refractivity contribution in [3.63, 3.8) is 0 Å². The molecule has 0 radical (unpaired) electrons. The molecule has 92 valence electrons. The Bertz CT molecular complexity index is 453. The molecule has 0 spiro atoms. The summed E-state index contributed by atoms with van der Waals surface area (Å²) in [6.45, 7) is 4.75. The molecule has 0 amide bonds. The molecular weight excluding hydrogens is 220 g/mol. The van der Waals surface area contributed by atoms with E-state index in [9.17, 15) is 15.2 Å². The van der Waals surface area contributed by atoms with Crippen LogP contribution in [0.5, 0.6) is 0 Å². The van der Waals surface area contributed by atoms with Crippen molar-refractivity contribution in [3.8, 4) is 0 Å². The average molecular weight is 236 g/mol. The molecule has 2 rings (SSSR count). The molecule has 0 aliphatic carbocycles. The largest absolute Gasteiger partial charge is 0.386 e. The maximum Gasteiger partial charge on any atom is 0.292 e. The Hall–Kier alpha value is -1.62. The summed E-state index contributed by atoms with van der Waals surface area (Å²) >= 11 is 0. The molecule has 0 bridgehead atoms. The fourth-order valence-corrected chi connectivity index (χ4v) is 2.10. The van der Waals surface area contributed by atoms with Gasteiger partial charge in [0.25, 0.3) is 5.69 Å². The van der Waals surface area contributed by atoms with Crippen LogP contribution < -0.4 is 4.90 Å². The van der Waals surface area contributed by atoms with Gasteiger partial charge in [0.15, 0.2) is 0 Å². The molecule has 1 saturated heterocycles. The first kappa shape index (κ1) is 11.9. The molecule has 1 aliphatic rings. The minimum absolute atomic E-state index is 0.105. The average Bonchev–Trinajstić information content (AvgIpc) is 2.24. The molecule has 1 fully saturated rings.